The van der Waals surface area contributed by atoms with E-state index in [1.807, 2.05) is 19.3 Å². The van der Waals surface area contributed by atoms with Crippen LogP contribution in [0, 0.1) is 0 Å². The summed E-state index contributed by atoms with van der Waals surface area (Å²) < 4.78 is 1.66. The second-order valence-corrected chi connectivity index (χ2v) is 4.11. The molecule has 0 aliphatic heterocycles. The quantitative estimate of drug-likeness (QED) is 0.473. The van der Waals surface area contributed by atoms with Crippen molar-refractivity contribution >= 4 is 11.6 Å². The summed E-state index contributed by atoms with van der Waals surface area (Å²) in [5.41, 5.74) is 4.56. The molecule has 7 heteroatoms. The van der Waals surface area contributed by atoms with Crippen molar-refractivity contribution in [1.29, 1.82) is 0 Å². The fourth-order valence-electron chi connectivity index (χ4n) is 1.56. The fraction of sp³-hybridized carbons (Fsp3) is 0.300. The Hall–Kier alpha value is -1.50. The maximum absolute atomic E-state index is 5.73. The summed E-state index contributed by atoms with van der Waals surface area (Å²) in [7, 11) is 1.82. The molecule has 0 amide bonds. The standard InChI is InChI=1S/C10H13ClN6/c1-17-6-8(15-16-17)4-9(14-12)7-2-3-10(11)13-5-7/h2-3,5-6,9,14H,4,12H2,1H3. The minimum atomic E-state index is -0.0588. The topological polar surface area (TPSA) is 81.7 Å². The average molecular weight is 253 g/mol. The molecule has 0 radical (unpaired) electrons. The van der Waals surface area contributed by atoms with E-state index in [0.717, 1.165) is 11.3 Å². The number of rotatable bonds is 4. The zero-order chi connectivity index (χ0) is 12.3. The summed E-state index contributed by atoms with van der Waals surface area (Å²) in [6.07, 6.45) is 4.20. The summed E-state index contributed by atoms with van der Waals surface area (Å²) in [5.74, 6) is 5.53. The number of nitrogens with two attached hydrogens (primary N) is 1. The molecule has 3 N–H and O–H groups in total. The second kappa shape index (κ2) is 5.22. The number of aryl methyl sites for hydroxylation is 1. The van der Waals surface area contributed by atoms with Crippen molar-refractivity contribution in [2.45, 2.75) is 12.5 Å². The lowest BCUT2D eigenvalue weighted by atomic mass is 10.1. The van der Waals surface area contributed by atoms with Crippen molar-refractivity contribution in [3.63, 3.8) is 0 Å². The van der Waals surface area contributed by atoms with E-state index in [0.29, 0.717) is 11.6 Å². The molecule has 0 spiro atoms. The number of nitrogens with zero attached hydrogens (tertiary/aromatic N) is 4. The Balaban J connectivity index is 2.13. The van der Waals surface area contributed by atoms with Crippen LogP contribution in [0.2, 0.25) is 5.15 Å². The van der Waals surface area contributed by atoms with Crippen LogP contribution in [0.3, 0.4) is 0 Å². The minimum Gasteiger partial charge on any atom is -0.271 e. The van der Waals surface area contributed by atoms with Gasteiger partial charge in [-0.05, 0) is 11.6 Å². The predicted molar refractivity (Wildman–Crippen MR) is 64.0 cm³/mol. The van der Waals surface area contributed by atoms with Gasteiger partial charge in [0, 0.05) is 25.9 Å². The third kappa shape index (κ3) is 3.00. The van der Waals surface area contributed by atoms with Gasteiger partial charge in [-0.25, -0.2) is 4.98 Å². The first kappa shape index (κ1) is 12.0. The van der Waals surface area contributed by atoms with Crippen molar-refractivity contribution in [2.24, 2.45) is 12.9 Å². The lowest BCUT2D eigenvalue weighted by Gasteiger charge is -2.14. The Morgan fingerprint density at radius 2 is 2.35 bits per heavy atom. The van der Waals surface area contributed by atoms with Gasteiger partial charge in [-0.3, -0.25) is 16.0 Å². The molecule has 90 valence electrons. The van der Waals surface area contributed by atoms with E-state index in [1.54, 1.807) is 16.9 Å². The molecular formula is C10H13ClN6. The van der Waals surface area contributed by atoms with Gasteiger partial charge in [0.05, 0.1) is 11.7 Å². The van der Waals surface area contributed by atoms with Gasteiger partial charge in [0.15, 0.2) is 0 Å². The molecule has 0 aromatic carbocycles. The van der Waals surface area contributed by atoms with Gasteiger partial charge in [-0.2, -0.15) is 0 Å². The smallest absolute Gasteiger partial charge is 0.129 e. The maximum Gasteiger partial charge on any atom is 0.129 e. The molecule has 0 saturated heterocycles. The number of hydrogen-bond acceptors (Lipinski definition) is 5. The highest BCUT2D eigenvalue weighted by atomic mass is 35.5. The molecule has 0 saturated carbocycles. The normalized spacial score (nSPS) is 12.6. The van der Waals surface area contributed by atoms with E-state index in [1.165, 1.54) is 0 Å². The van der Waals surface area contributed by atoms with E-state index >= 15 is 0 Å². The number of aromatic nitrogens is 4. The molecule has 2 aromatic heterocycles. The lowest BCUT2D eigenvalue weighted by molar-refractivity contribution is 0.544. The van der Waals surface area contributed by atoms with Crippen LogP contribution >= 0.6 is 11.6 Å². The highest BCUT2D eigenvalue weighted by molar-refractivity contribution is 6.29. The average Bonchev–Trinajstić information content (AvgIpc) is 2.73. The summed E-state index contributed by atoms with van der Waals surface area (Å²) in [6.45, 7) is 0. The highest BCUT2D eigenvalue weighted by Crippen LogP contribution is 2.17. The second-order valence-electron chi connectivity index (χ2n) is 3.72. The van der Waals surface area contributed by atoms with E-state index in [2.05, 4.69) is 20.7 Å². The Morgan fingerprint density at radius 3 is 2.88 bits per heavy atom. The molecule has 2 aromatic rings. The van der Waals surface area contributed by atoms with Crippen LogP contribution in [0.5, 0.6) is 0 Å². The molecule has 0 fully saturated rings. The first-order chi connectivity index (χ1) is 8.19. The van der Waals surface area contributed by atoms with E-state index in [-0.39, 0.29) is 6.04 Å². The molecular weight excluding hydrogens is 240 g/mol. The van der Waals surface area contributed by atoms with E-state index in [9.17, 15) is 0 Å². The first-order valence-electron chi connectivity index (χ1n) is 5.12. The number of nitrogens with one attached hydrogen (secondary N) is 1. The third-order valence-electron chi connectivity index (χ3n) is 2.42. The Bertz CT molecular complexity index is 480. The number of halogens is 1. The minimum absolute atomic E-state index is 0.0588. The van der Waals surface area contributed by atoms with Gasteiger partial charge in [0.1, 0.15) is 5.15 Å². The molecule has 2 heterocycles. The molecule has 1 atom stereocenters. The molecule has 0 bridgehead atoms. The van der Waals surface area contributed by atoms with Crippen LogP contribution in [-0.2, 0) is 13.5 Å². The number of hydrogen-bond donors (Lipinski definition) is 2. The van der Waals surface area contributed by atoms with Crippen molar-refractivity contribution < 1.29 is 0 Å². The monoisotopic (exact) mass is 252 g/mol. The zero-order valence-electron chi connectivity index (χ0n) is 9.34. The summed E-state index contributed by atoms with van der Waals surface area (Å²) >= 11 is 5.73. The summed E-state index contributed by atoms with van der Waals surface area (Å²) in [6, 6.07) is 3.56. The SMILES string of the molecule is Cn1cc(CC(NN)c2ccc(Cl)nc2)nn1. The molecule has 2 rings (SSSR count). The summed E-state index contributed by atoms with van der Waals surface area (Å²) in [5, 5.41) is 8.35. The number of hydrazine groups is 1. The van der Waals surface area contributed by atoms with E-state index in [4.69, 9.17) is 17.4 Å². The Morgan fingerprint density at radius 1 is 1.53 bits per heavy atom. The number of pyridine rings is 1. The van der Waals surface area contributed by atoms with Gasteiger partial charge in [-0.15, -0.1) is 5.10 Å². The van der Waals surface area contributed by atoms with Crippen molar-refractivity contribution in [3.8, 4) is 0 Å². The highest BCUT2D eigenvalue weighted by Gasteiger charge is 2.12. The molecule has 1 unspecified atom stereocenters. The molecule has 6 nitrogen and oxygen atoms in total. The van der Waals surface area contributed by atoms with Gasteiger partial charge < -0.3 is 0 Å². The maximum atomic E-state index is 5.73. The van der Waals surface area contributed by atoms with Gasteiger partial charge >= 0.3 is 0 Å². The largest absolute Gasteiger partial charge is 0.271 e. The fourth-order valence-corrected chi connectivity index (χ4v) is 1.68. The van der Waals surface area contributed by atoms with Gasteiger partial charge in [0.25, 0.3) is 0 Å². The van der Waals surface area contributed by atoms with Crippen LogP contribution < -0.4 is 11.3 Å². The Kier molecular flexibility index (Phi) is 3.68. The first-order valence-corrected chi connectivity index (χ1v) is 5.49. The van der Waals surface area contributed by atoms with Crippen LogP contribution in [0.25, 0.3) is 0 Å². The zero-order valence-corrected chi connectivity index (χ0v) is 10.1. The predicted octanol–water partition coefficient (Wildman–Crippen LogP) is 0.611. The van der Waals surface area contributed by atoms with Crippen LogP contribution in [0.15, 0.2) is 24.5 Å². The molecule has 0 aliphatic rings. The molecule has 0 aliphatic carbocycles. The lowest BCUT2D eigenvalue weighted by Crippen LogP contribution is -2.29. The van der Waals surface area contributed by atoms with Gasteiger partial charge in [0.2, 0.25) is 0 Å². The van der Waals surface area contributed by atoms with Crippen LogP contribution in [0.1, 0.15) is 17.3 Å². The van der Waals surface area contributed by atoms with Crippen LogP contribution in [-0.4, -0.2) is 20.0 Å². The molecule has 17 heavy (non-hydrogen) atoms. The summed E-state index contributed by atoms with van der Waals surface area (Å²) in [4.78, 5) is 4.02. The van der Waals surface area contributed by atoms with Crippen molar-refractivity contribution in [2.75, 3.05) is 0 Å². The third-order valence-corrected chi connectivity index (χ3v) is 2.64. The van der Waals surface area contributed by atoms with Crippen molar-refractivity contribution in [1.82, 2.24) is 25.4 Å². The van der Waals surface area contributed by atoms with Crippen LogP contribution in [0.4, 0.5) is 0 Å². The van der Waals surface area contributed by atoms with E-state index < -0.39 is 0 Å². The van der Waals surface area contributed by atoms with Gasteiger partial charge in [-0.1, -0.05) is 22.9 Å². The Labute approximate surface area is 104 Å². The van der Waals surface area contributed by atoms with Crippen molar-refractivity contribution in [3.05, 3.63) is 40.9 Å².